The molecule has 0 aliphatic heterocycles. The van der Waals surface area contributed by atoms with Gasteiger partial charge in [0, 0.05) is 12.5 Å². The average molecular weight is 405 g/mol. The summed E-state index contributed by atoms with van der Waals surface area (Å²) in [7, 11) is 0. The van der Waals surface area contributed by atoms with Crippen LogP contribution in [0.5, 0.6) is 5.75 Å². The molecule has 0 aromatic heterocycles. The van der Waals surface area contributed by atoms with Crippen molar-refractivity contribution in [3.05, 3.63) is 65.7 Å². The van der Waals surface area contributed by atoms with Crippen LogP contribution in [0.4, 0.5) is 0 Å². The molecule has 1 aliphatic carbocycles. The molecule has 1 saturated carbocycles. The lowest BCUT2D eigenvalue weighted by Gasteiger charge is -2.19. The smallest absolute Gasteiger partial charge is 0.223 e. The van der Waals surface area contributed by atoms with Gasteiger partial charge < -0.3 is 20.9 Å². The van der Waals surface area contributed by atoms with E-state index in [1.165, 1.54) is 0 Å². The van der Waals surface area contributed by atoms with Crippen LogP contribution in [0, 0.1) is 11.8 Å². The van der Waals surface area contributed by atoms with Gasteiger partial charge in [-0.05, 0) is 48.6 Å². The van der Waals surface area contributed by atoms with Gasteiger partial charge in [-0.1, -0.05) is 48.9 Å². The summed E-state index contributed by atoms with van der Waals surface area (Å²) in [5.74, 6) is 0.929. The van der Waals surface area contributed by atoms with E-state index in [1.807, 2.05) is 54.6 Å². The van der Waals surface area contributed by atoms with Gasteiger partial charge in [-0.25, -0.2) is 0 Å². The molecule has 3 atom stereocenters. The monoisotopic (exact) mass is 404 g/mol. The van der Waals surface area contributed by atoms with Gasteiger partial charge in [-0.15, -0.1) is 12.4 Å². The van der Waals surface area contributed by atoms with Gasteiger partial charge in [0.2, 0.25) is 5.91 Å². The van der Waals surface area contributed by atoms with Crippen LogP contribution in [0.2, 0.25) is 0 Å². The van der Waals surface area contributed by atoms with E-state index < -0.39 is 6.10 Å². The number of carbonyl (C=O) groups is 1. The van der Waals surface area contributed by atoms with Gasteiger partial charge in [0.1, 0.15) is 12.4 Å². The van der Waals surface area contributed by atoms with E-state index in [-0.39, 0.29) is 36.7 Å². The minimum atomic E-state index is -0.771. The van der Waals surface area contributed by atoms with Crippen molar-refractivity contribution in [3.63, 3.8) is 0 Å². The van der Waals surface area contributed by atoms with Crippen molar-refractivity contribution in [2.24, 2.45) is 17.6 Å². The third-order valence-corrected chi connectivity index (χ3v) is 5.26. The molecule has 2 aromatic rings. The van der Waals surface area contributed by atoms with Gasteiger partial charge in [-0.2, -0.15) is 0 Å². The number of ether oxygens (including phenoxy) is 1. The molecule has 0 spiro atoms. The molecule has 1 amide bonds. The van der Waals surface area contributed by atoms with Crippen LogP contribution < -0.4 is 15.8 Å². The Kier molecular flexibility index (Phi) is 8.77. The van der Waals surface area contributed by atoms with Crippen LogP contribution in [0.1, 0.15) is 36.5 Å². The molecule has 2 aromatic carbocycles. The molecule has 4 N–H and O–H groups in total. The van der Waals surface area contributed by atoms with Gasteiger partial charge in [-0.3, -0.25) is 4.79 Å². The lowest BCUT2D eigenvalue weighted by Crippen LogP contribution is -2.37. The lowest BCUT2D eigenvalue weighted by molar-refractivity contribution is -0.126. The first-order valence-electron chi connectivity index (χ1n) is 9.60. The van der Waals surface area contributed by atoms with E-state index in [1.54, 1.807) is 0 Å². The molecule has 1 aliphatic rings. The van der Waals surface area contributed by atoms with Crippen molar-refractivity contribution >= 4 is 18.3 Å². The number of nitrogens with one attached hydrogen (secondary N) is 1. The third kappa shape index (κ3) is 5.96. The number of rotatable bonds is 8. The van der Waals surface area contributed by atoms with Crippen LogP contribution in [0.15, 0.2) is 54.6 Å². The van der Waals surface area contributed by atoms with E-state index in [0.717, 1.165) is 30.4 Å². The number of halogens is 1. The minimum Gasteiger partial charge on any atom is -0.489 e. The molecule has 0 bridgehead atoms. The fraction of sp³-hybridized carbons (Fsp3) is 0.409. The normalized spacial score (nSPS) is 19.5. The highest BCUT2D eigenvalue weighted by molar-refractivity contribution is 5.85. The maximum atomic E-state index is 12.4. The molecule has 152 valence electrons. The summed E-state index contributed by atoms with van der Waals surface area (Å²) in [6, 6.07) is 17.3. The Hall–Kier alpha value is -2.08. The van der Waals surface area contributed by atoms with E-state index in [9.17, 15) is 9.90 Å². The Morgan fingerprint density at radius 1 is 1.18 bits per heavy atom. The largest absolute Gasteiger partial charge is 0.489 e. The van der Waals surface area contributed by atoms with Crippen molar-refractivity contribution < 1.29 is 14.6 Å². The predicted octanol–water partition coefficient (Wildman–Crippen LogP) is 3.21. The number of benzene rings is 2. The lowest BCUT2D eigenvalue weighted by atomic mass is 9.95. The van der Waals surface area contributed by atoms with Crippen molar-refractivity contribution in [1.82, 2.24) is 5.32 Å². The number of carbonyl (C=O) groups excluding carboxylic acids is 1. The summed E-state index contributed by atoms with van der Waals surface area (Å²) >= 11 is 0. The Bertz CT molecular complexity index is 742. The highest BCUT2D eigenvalue weighted by Gasteiger charge is 2.31. The fourth-order valence-corrected chi connectivity index (χ4v) is 3.66. The molecular weight excluding hydrogens is 376 g/mol. The molecular formula is C22H29ClN2O3. The second-order valence-corrected chi connectivity index (χ2v) is 7.14. The number of aliphatic hydroxyl groups is 1. The summed E-state index contributed by atoms with van der Waals surface area (Å²) in [5.41, 5.74) is 7.56. The second kappa shape index (κ2) is 11.1. The zero-order valence-corrected chi connectivity index (χ0v) is 16.7. The Balaban J connectivity index is 0.00000280. The second-order valence-electron chi connectivity index (χ2n) is 7.14. The van der Waals surface area contributed by atoms with E-state index in [0.29, 0.717) is 18.9 Å². The molecule has 5 nitrogen and oxygen atoms in total. The average Bonchev–Trinajstić information content (AvgIpc) is 3.20. The van der Waals surface area contributed by atoms with Gasteiger partial charge >= 0.3 is 0 Å². The third-order valence-electron chi connectivity index (χ3n) is 5.26. The number of aliphatic hydroxyl groups excluding tert-OH is 1. The summed E-state index contributed by atoms with van der Waals surface area (Å²) in [5, 5.41) is 13.3. The molecule has 0 heterocycles. The van der Waals surface area contributed by atoms with Crippen LogP contribution >= 0.6 is 12.4 Å². The first-order chi connectivity index (χ1) is 13.2. The molecule has 0 saturated heterocycles. The van der Waals surface area contributed by atoms with Crippen molar-refractivity contribution in [1.29, 1.82) is 0 Å². The topological polar surface area (TPSA) is 84.6 Å². The van der Waals surface area contributed by atoms with Crippen LogP contribution in [0.25, 0.3) is 0 Å². The summed E-state index contributed by atoms with van der Waals surface area (Å²) in [6.07, 6.45) is 2.17. The maximum absolute atomic E-state index is 12.4. The van der Waals surface area contributed by atoms with Crippen LogP contribution in [-0.4, -0.2) is 24.1 Å². The number of amides is 1. The Morgan fingerprint density at radius 2 is 1.96 bits per heavy atom. The van der Waals surface area contributed by atoms with Crippen molar-refractivity contribution in [2.75, 3.05) is 13.1 Å². The number of hydrogen-bond acceptors (Lipinski definition) is 4. The highest BCUT2D eigenvalue weighted by atomic mass is 35.5. The number of hydrogen-bond donors (Lipinski definition) is 3. The van der Waals surface area contributed by atoms with E-state index in [2.05, 4.69) is 5.32 Å². The summed E-state index contributed by atoms with van der Waals surface area (Å²) in [6.45, 7) is 1.20. The van der Waals surface area contributed by atoms with Crippen LogP contribution in [-0.2, 0) is 11.4 Å². The highest BCUT2D eigenvalue weighted by Crippen LogP contribution is 2.31. The molecule has 1 unspecified atom stereocenters. The molecule has 6 heteroatoms. The standard InChI is InChI=1S/C22H28N2O3.ClH/c23-13-18-9-5-11-20(18)22(26)24-14-21(25)17-8-4-10-19(12-17)27-15-16-6-2-1-3-7-16;/h1-4,6-8,10,12,18,20-21,25H,5,9,11,13-15,23H2,(H,24,26);1H/t18-,20-,21?;/m1./s1. The molecule has 3 rings (SSSR count). The van der Waals surface area contributed by atoms with Gasteiger partial charge in [0.25, 0.3) is 0 Å². The predicted molar refractivity (Wildman–Crippen MR) is 112 cm³/mol. The van der Waals surface area contributed by atoms with Crippen molar-refractivity contribution in [2.45, 2.75) is 32.0 Å². The fourth-order valence-electron chi connectivity index (χ4n) is 3.66. The van der Waals surface area contributed by atoms with E-state index >= 15 is 0 Å². The maximum Gasteiger partial charge on any atom is 0.223 e. The quantitative estimate of drug-likeness (QED) is 0.630. The van der Waals surface area contributed by atoms with Crippen LogP contribution in [0.3, 0.4) is 0 Å². The summed E-state index contributed by atoms with van der Waals surface area (Å²) in [4.78, 5) is 12.4. The van der Waals surface area contributed by atoms with Gasteiger partial charge in [0.15, 0.2) is 0 Å². The first kappa shape index (κ1) is 22.2. The zero-order chi connectivity index (χ0) is 19.1. The molecule has 1 fully saturated rings. The van der Waals surface area contributed by atoms with Crippen molar-refractivity contribution in [3.8, 4) is 5.75 Å². The number of nitrogens with two attached hydrogens (primary N) is 1. The van der Waals surface area contributed by atoms with E-state index in [4.69, 9.17) is 10.5 Å². The summed E-state index contributed by atoms with van der Waals surface area (Å²) < 4.78 is 5.81. The SMILES string of the molecule is Cl.NC[C@H]1CCC[C@H]1C(=O)NCC(O)c1cccc(OCc2ccccc2)c1. The Labute approximate surface area is 172 Å². The first-order valence-corrected chi connectivity index (χ1v) is 9.60. The zero-order valence-electron chi connectivity index (χ0n) is 15.9. The molecule has 0 radical (unpaired) electrons. The minimum absolute atomic E-state index is 0. The Morgan fingerprint density at radius 3 is 2.71 bits per heavy atom. The van der Waals surface area contributed by atoms with Gasteiger partial charge in [0.05, 0.1) is 6.10 Å². The molecule has 28 heavy (non-hydrogen) atoms.